The van der Waals surface area contributed by atoms with Crippen LogP contribution in [0.3, 0.4) is 0 Å². The molecule has 0 aromatic heterocycles. The quantitative estimate of drug-likeness (QED) is 0.450. The summed E-state index contributed by atoms with van der Waals surface area (Å²) in [5.74, 6) is 5.72. The fraction of sp³-hybridized carbons (Fsp3) is 0.652. The molecule has 8 nitrogen and oxygen atoms in total. The number of piperidine rings is 2. The van der Waals surface area contributed by atoms with Gasteiger partial charge in [0.15, 0.2) is 0 Å². The predicted molar refractivity (Wildman–Crippen MR) is 123 cm³/mol. The molecule has 1 aromatic rings. The normalized spacial score (nSPS) is 24.0. The summed E-state index contributed by atoms with van der Waals surface area (Å²) in [6, 6.07) is 2.82. The van der Waals surface area contributed by atoms with Crippen molar-refractivity contribution in [3.63, 3.8) is 0 Å². The lowest BCUT2D eigenvalue weighted by Crippen LogP contribution is -2.48. The molecule has 1 atom stereocenters. The number of rotatable bonds is 6. The maximum Gasteiger partial charge on any atom is 0.249 e. The van der Waals surface area contributed by atoms with Crippen LogP contribution in [0.4, 0.5) is 15.8 Å². The van der Waals surface area contributed by atoms with E-state index in [1.807, 2.05) is 18.0 Å². The average Bonchev–Trinajstić information content (AvgIpc) is 2.78. The Balaban J connectivity index is 1.29. The van der Waals surface area contributed by atoms with Gasteiger partial charge in [0.1, 0.15) is 11.9 Å². The molecule has 9 heteroatoms. The van der Waals surface area contributed by atoms with Crippen LogP contribution in [0.5, 0.6) is 0 Å². The predicted octanol–water partition coefficient (Wildman–Crippen LogP) is 1.45. The van der Waals surface area contributed by atoms with Crippen molar-refractivity contribution in [1.29, 1.82) is 0 Å². The molecule has 0 radical (unpaired) electrons. The fourth-order valence-corrected chi connectivity index (χ4v) is 4.90. The number of hydrogen-bond acceptors (Lipinski definition) is 7. The number of nitrogens with zero attached hydrogens (tertiary/aromatic N) is 3. The Kier molecular flexibility index (Phi) is 7.27. The van der Waals surface area contributed by atoms with Crippen LogP contribution >= 0.6 is 0 Å². The third-order valence-electron chi connectivity index (χ3n) is 7.08. The number of hydrogen-bond donors (Lipinski definition) is 3. The molecular weight excluding hydrogens is 411 g/mol. The van der Waals surface area contributed by atoms with Gasteiger partial charge in [-0.05, 0) is 62.8 Å². The first-order valence-electron chi connectivity index (χ1n) is 11.8. The van der Waals surface area contributed by atoms with E-state index in [9.17, 15) is 14.0 Å². The summed E-state index contributed by atoms with van der Waals surface area (Å²) in [6.07, 6.45) is 4.28. The van der Waals surface area contributed by atoms with Crippen LogP contribution < -0.4 is 21.4 Å². The van der Waals surface area contributed by atoms with E-state index >= 15 is 0 Å². The molecule has 0 saturated carbocycles. The highest BCUT2D eigenvalue weighted by Crippen LogP contribution is 2.29. The summed E-state index contributed by atoms with van der Waals surface area (Å²) < 4.78 is 15.0. The molecule has 0 bridgehead atoms. The zero-order valence-electron chi connectivity index (χ0n) is 18.9. The molecule has 1 aromatic carbocycles. The first kappa shape index (κ1) is 22.9. The molecule has 3 heterocycles. The van der Waals surface area contributed by atoms with Gasteiger partial charge in [-0.15, -0.1) is 0 Å². The van der Waals surface area contributed by atoms with Crippen LogP contribution in [0.15, 0.2) is 12.1 Å². The maximum atomic E-state index is 15.0. The first-order valence-corrected chi connectivity index (χ1v) is 11.8. The maximum absolute atomic E-state index is 15.0. The topological polar surface area (TPSA) is 93.9 Å². The van der Waals surface area contributed by atoms with Crippen molar-refractivity contribution >= 4 is 23.2 Å². The molecule has 0 spiro atoms. The van der Waals surface area contributed by atoms with E-state index in [2.05, 4.69) is 20.4 Å². The molecule has 4 rings (SSSR count). The average molecular weight is 447 g/mol. The van der Waals surface area contributed by atoms with Gasteiger partial charge in [0.05, 0.1) is 5.69 Å². The number of carbonyl (C=O) groups is 2. The molecule has 0 aliphatic carbocycles. The second-order valence-corrected chi connectivity index (χ2v) is 9.36. The van der Waals surface area contributed by atoms with E-state index in [1.165, 1.54) is 25.3 Å². The Morgan fingerprint density at radius 1 is 1.09 bits per heavy atom. The number of amides is 2. The number of halogens is 1. The minimum atomic E-state index is -0.516. The third-order valence-corrected chi connectivity index (χ3v) is 7.08. The van der Waals surface area contributed by atoms with Crippen LogP contribution in [0.1, 0.15) is 37.7 Å². The molecule has 1 unspecified atom stereocenters. The molecule has 176 valence electrons. The monoisotopic (exact) mass is 446 g/mol. The summed E-state index contributed by atoms with van der Waals surface area (Å²) in [5.41, 5.74) is 2.11. The number of nitrogens with two attached hydrogens (primary N) is 1. The zero-order chi connectivity index (χ0) is 22.7. The summed E-state index contributed by atoms with van der Waals surface area (Å²) in [6.45, 7) is 8.47. The lowest BCUT2D eigenvalue weighted by molar-refractivity contribution is -0.133. The van der Waals surface area contributed by atoms with Gasteiger partial charge in [0, 0.05) is 51.4 Å². The minimum Gasteiger partial charge on any atom is -0.373 e. The van der Waals surface area contributed by atoms with E-state index in [0.717, 1.165) is 57.3 Å². The summed E-state index contributed by atoms with van der Waals surface area (Å²) in [5, 5.41) is 7.35. The standard InChI is InChI=1S/C23H35FN6O2/c1-16-14-21(18(24)15-20(16)26-19-2-3-22(31)27-23(19)32)29-12-10-28(11-13-29)7-4-17-5-8-30(25)9-6-17/h14-15,17,19,26H,2-13,25H2,1H3,(H,27,31,32). The Labute approximate surface area is 189 Å². The molecule has 3 aliphatic rings. The highest BCUT2D eigenvalue weighted by atomic mass is 19.1. The van der Waals surface area contributed by atoms with Crippen LogP contribution in [0.25, 0.3) is 0 Å². The van der Waals surface area contributed by atoms with Crippen molar-refractivity contribution in [3.8, 4) is 0 Å². The van der Waals surface area contributed by atoms with E-state index in [-0.39, 0.29) is 17.6 Å². The van der Waals surface area contributed by atoms with Gasteiger partial charge in [0.25, 0.3) is 0 Å². The summed E-state index contributed by atoms with van der Waals surface area (Å²) in [4.78, 5) is 27.9. The number of benzene rings is 1. The fourth-order valence-electron chi connectivity index (χ4n) is 4.90. The Bertz CT molecular complexity index is 834. The van der Waals surface area contributed by atoms with Crippen molar-refractivity contribution in [1.82, 2.24) is 15.2 Å². The van der Waals surface area contributed by atoms with Crippen molar-refractivity contribution in [2.45, 2.75) is 45.1 Å². The lowest BCUT2D eigenvalue weighted by Gasteiger charge is -2.37. The van der Waals surface area contributed by atoms with Crippen molar-refractivity contribution < 1.29 is 14.0 Å². The van der Waals surface area contributed by atoms with E-state index in [0.29, 0.717) is 24.2 Å². The Morgan fingerprint density at radius 2 is 1.81 bits per heavy atom. The second-order valence-electron chi connectivity index (χ2n) is 9.36. The van der Waals surface area contributed by atoms with Crippen molar-refractivity contribution in [2.24, 2.45) is 11.8 Å². The Hall–Kier alpha value is -2.23. The SMILES string of the molecule is Cc1cc(N2CCN(CCC3CCN(N)CC3)CC2)c(F)cc1NC1CCC(=O)NC1=O. The highest BCUT2D eigenvalue weighted by Gasteiger charge is 2.28. The summed E-state index contributed by atoms with van der Waals surface area (Å²) in [7, 11) is 0. The van der Waals surface area contributed by atoms with Gasteiger partial charge in [-0.2, -0.15) is 0 Å². The first-order chi connectivity index (χ1) is 15.4. The van der Waals surface area contributed by atoms with E-state index < -0.39 is 6.04 Å². The van der Waals surface area contributed by atoms with Gasteiger partial charge < -0.3 is 10.2 Å². The summed E-state index contributed by atoms with van der Waals surface area (Å²) >= 11 is 0. The largest absolute Gasteiger partial charge is 0.373 e. The van der Waals surface area contributed by atoms with Crippen molar-refractivity contribution in [2.75, 3.05) is 56.0 Å². The van der Waals surface area contributed by atoms with Gasteiger partial charge in [0.2, 0.25) is 11.8 Å². The van der Waals surface area contributed by atoms with Crippen LogP contribution in [0.2, 0.25) is 0 Å². The number of piperazine rings is 1. The smallest absolute Gasteiger partial charge is 0.249 e. The molecule has 4 N–H and O–H groups in total. The number of aryl methyl sites for hydroxylation is 1. The highest BCUT2D eigenvalue weighted by molar-refractivity contribution is 6.01. The molecule has 3 aliphatic heterocycles. The third kappa shape index (κ3) is 5.57. The number of anilines is 2. The van der Waals surface area contributed by atoms with Crippen LogP contribution in [0, 0.1) is 18.7 Å². The molecular formula is C23H35FN6O2. The Morgan fingerprint density at radius 3 is 2.50 bits per heavy atom. The number of nitrogens with one attached hydrogen (secondary N) is 2. The number of hydrazine groups is 1. The molecule has 3 saturated heterocycles. The van der Waals surface area contributed by atoms with Gasteiger partial charge in [-0.1, -0.05) is 0 Å². The van der Waals surface area contributed by atoms with Crippen LogP contribution in [-0.4, -0.2) is 73.6 Å². The van der Waals surface area contributed by atoms with Crippen molar-refractivity contribution in [3.05, 3.63) is 23.5 Å². The molecule has 3 fully saturated rings. The molecule has 2 amide bonds. The number of imide groups is 1. The lowest BCUT2D eigenvalue weighted by atomic mass is 9.94. The minimum absolute atomic E-state index is 0.258. The van der Waals surface area contributed by atoms with E-state index in [1.54, 1.807) is 0 Å². The van der Waals surface area contributed by atoms with Gasteiger partial charge in [-0.25, -0.2) is 9.40 Å². The van der Waals surface area contributed by atoms with E-state index in [4.69, 9.17) is 5.84 Å². The van der Waals surface area contributed by atoms with Gasteiger partial charge in [-0.3, -0.25) is 25.6 Å². The zero-order valence-corrected chi connectivity index (χ0v) is 18.9. The molecule has 32 heavy (non-hydrogen) atoms. The van der Waals surface area contributed by atoms with Gasteiger partial charge >= 0.3 is 0 Å². The second kappa shape index (κ2) is 10.1. The number of carbonyl (C=O) groups excluding carboxylic acids is 2. The van der Waals surface area contributed by atoms with Crippen LogP contribution in [-0.2, 0) is 9.59 Å².